The summed E-state index contributed by atoms with van der Waals surface area (Å²) in [7, 11) is 0. The summed E-state index contributed by atoms with van der Waals surface area (Å²) < 4.78 is 13.8. The number of allylic oxidation sites excluding steroid dienone is 8. The Balaban J connectivity index is 5.97. The molecule has 1 amide bonds. The molecule has 0 saturated heterocycles. The Morgan fingerprint density at radius 1 is 1.30 bits per heavy atom. The van der Waals surface area contributed by atoms with Crippen LogP contribution in [-0.2, 0) is 4.79 Å². The minimum atomic E-state index is -1.31. The first kappa shape index (κ1) is 24.5. The van der Waals surface area contributed by atoms with E-state index in [-0.39, 0.29) is 18.3 Å². The number of nitriles is 1. The second-order valence-corrected chi connectivity index (χ2v) is 7.44. The Bertz CT molecular complexity index is 631. The minimum absolute atomic E-state index is 0.125. The van der Waals surface area contributed by atoms with Crippen LogP contribution in [0, 0.1) is 34.5 Å². The predicted molar refractivity (Wildman–Crippen MR) is 110 cm³/mol. The summed E-state index contributed by atoms with van der Waals surface area (Å²) in [5.41, 5.74) is 0.353. The molecular weight excluding hydrogens is 341 g/mol. The fourth-order valence-electron chi connectivity index (χ4n) is 2.40. The number of carbonyl (C=O) groups excluding carboxylic acids is 1. The molecule has 2 unspecified atom stereocenters. The molecule has 0 aliphatic heterocycles. The summed E-state index contributed by atoms with van der Waals surface area (Å²) in [6.45, 7) is 9.23. The van der Waals surface area contributed by atoms with Crippen LogP contribution in [0.15, 0.2) is 47.7 Å². The van der Waals surface area contributed by atoms with Crippen molar-refractivity contribution >= 4 is 12.6 Å². The number of carbonyl (C=O) groups is 1. The molecule has 0 aliphatic carbocycles. The van der Waals surface area contributed by atoms with Crippen LogP contribution in [0.25, 0.3) is 0 Å². The number of nitrogens with one attached hydrogen (secondary N) is 2. The summed E-state index contributed by atoms with van der Waals surface area (Å²) >= 11 is 0. The zero-order valence-corrected chi connectivity index (χ0v) is 17.0. The zero-order chi connectivity index (χ0) is 20.9. The number of halogens is 1. The molecule has 148 valence electrons. The molecule has 0 aliphatic rings. The summed E-state index contributed by atoms with van der Waals surface area (Å²) in [5, 5.41) is 18.9. The van der Waals surface area contributed by atoms with Crippen LogP contribution in [0.3, 0.4) is 0 Å². The van der Waals surface area contributed by atoms with Crippen LogP contribution >= 0.6 is 0 Å². The van der Waals surface area contributed by atoms with E-state index in [4.69, 9.17) is 10.7 Å². The highest BCUT2D eigenvalue weighted by Gasteiger charge is 2.17. The lowest BCUT2D eigenvalue weighted by molar-refractivity contribution is -0.109. The molecule has 0 radical (unpaired) electrons. The van der Waals surface area contributed by atoms with Gasteiger partial charge in [0.25, 0.3) is 0 Å². The van der Waals surface area contributed by atoms with Gasteiger partial charge in [0.2, 0.25) is 6.41 Å². The molecule has 0 aromatic rings. The maximum absolute atomic E-state index is 13.8. The molecule has 4 nitrogen and oxygen atoms in total. The average Bonchev–Trinajstić information content (AvgIpc) is 2.58. The fraction of sp³-hybridized carbons (Fsp3) is 0.500. The highest BCUT2D eigenvalue weighted by atomic mass is 19.1. The predicted octanol–water partition coefficient (Wildman–Crippen LogP) is 5.26. The molecule has 2 atom stereocenters. The number of hydrogen-bond donors (Lipinski definition) is 2. The maximum atomic E-state index is 13.8. The van der Waals surface area contributed by atoms with Crippen LogP contribution in [-0.4, -0.2) is 18.3 Å². The van der Waals surface area contributed by atoms with Crippen LogP contribution < -0.4 is 5.32 Å². The van der Waals surface area contributed by atoms with Crippen molar-refractivity contribution in [3.05, 3.63) is 47.7 Å². The van der Waals surface area contributed by atoms with Crippen LogP contribution in [0.1, 0.15) is 47.5 Å². The molecular formula is C22H32FN3O. The van der Waals surface area contributed by atoms with Gasteiger partial charge in [-0.2, -0.15) is 5.26 Å². The molecule has 0 saturated carbocycles. The second-order valence-electron chi connectivity index (χ2n) is 7.44. The molecule has 2 N–H and O–H groups in total. The summed E-state index contributed by atoms with van der Waals surface area (Å²) in [5.74, 6) is 0.229. The second kappa shape index (κ2) is 12.8. The summed E-state index contributed by atoms with van der Waals surface area (Å²) in [4.78, 5) is 11.1. The lowest BCUT2D eigenvalue weighted by Gasteiger charge is -2.22. The zero-order valence-electron chi connectivity index (χ0n) is 17.0. The van der Waals surface area contributed by atoms with Gasteiger partial charge in [-0.05, 0) is 44.6 Å². The van der Waals surface area contributed by atoms with E-state index in [9.17, 15) is 9.18 Å². The van der Waals surface area contributed by atoms with Crippen molar-refractivity contribution in [1.29, 1.82) is 10.7 Å². The first-order chi connectivity index (χ1) is 12.7. The van der Waals surface area contributed by atoms with E-state index in [1.54, 1.807) is 18.2 Å². The van der Waals surface area contributed by atoms with Gasteiger partial charge in [0, 0.05) is 23.9 Å². The minimum Gasteiger partial charge on any atom is -0.332 e. The smallest absolute Gasteiger partial charge is 0.211 e. The maximum Gasteiger partial charge on any atom is 0.211 e. The van der Waals surface area contributed by atoms with Gasteiger partial charge in [-0.1, -0.05) is 50.6 Å². The van der Waals surface area contributed by atoms with Crippen molar-refractivity contribution in [2.24, 2.45) is 17.8 Å². The number of alkyl halides is 1. The average molecular weight is 374 g/mol. The number of rotatable bonds is 12. The summed E-state index contributed by atoms with van der Waals surface area (Å²) in [6.07, 6.45) is 13.0. The largest absolute Gasteiger partial charge is 0.332 e. The fourth-order valence-corrected chi connectivity index (χ4v) is 2.40. The molecule has 0 bridgehead atoms. The SMILES string of the molecule is CC(C)C(C)/C(=C/C(/C=C\CC(C)(C)F)/C(=C/C=N)C/C=C/C#N)NC=O. The molecule has 0 aromatic heterocycles. The lowest BCUT2D eigenvalue weighted by atomic mass is 9.88. The van der Waals surface area contributed by atoms with Crippen LogP contribution in [0.2, 0.25) is 0 Å². The van der Waals surface area contributed by atoms with Gasteiger partial charge in [-0.15, -0.1) is 0 Å². The van der Waals surface area contributed by atoms with Crippen molar-refractivity contribution in [2.45, 2.75) is 53.1 Å². The molecule has 0 rings (SSSR count). The molecule has 0 aromatic carbocycles. The Kier molecular flexibility index (Phi) is 11.6. The van der Waals surface area contributed by atoms with Crippen molar-refractivity contribution in [1.82, 2.24) is 5.32 Å². The Labute approximate surface area is 163 Å². The van der Waals surface area contributed by atoms with Gasteiger partial charge in [0.15, 0.2) is 0 Å². The van der Waals surface area contributed by atoms with Gasteiger partial charge in [0.05, 0.1) is 6.07 Å². The van der Waals surface area contributed by atoms with E-state index in [2.05, 4.69) is 19.2 Å². The molecule has 0 heterocycles. The van der Waals surface area contributed by atoms with Gasteiger partial charge in [-0.3, -0.25) is 4.79 Å². The third-order valence-electron chi connectivity index (χ3n) is 4.29. The van der Waals surface area contributed by atoms with E-state index >= 15 is 0 Å². The molecule has 0 spiro atoms. The van der Waals surface area contributed by atoms with Crippen molar-refractivity contribution in [3.63, 3.8) is 0 Å². The van der Waals surface area contributed by atoms with Gasteiger partial charge in [0.1, 0.15) is 5.67 Å². The first-order valence-electron chi connectivity index (χ1n) is 9.17. The molecule has 27 heavy (non-hydrogen) atoms. The number of nitrogens with zero attached hydrogens (tertiary/aromatic N) is 1. The lowest BCUT2D eigenvalue weighted by Crippen LogP contribution is -2.22. The standard InChI is InChI=1S/C22H32FN3O/c1-17(2)18(3)21(26-16-27)15-20(10-8-12-22(4,5)23)19(11-14-25)9-6-7-13-24/h6-8,10-11,14-18,20,25H,9,12H2,1-5H3,(H,26,27)/b7-6+,10-8-,19-11+,21-15-,25-14?. The van der Waals surface area contributed by atoms with Crippen molar-refractivity contribution in [3.8, 4) is 6.07 Å². The quantitative estimate of drug-likeness (QED) is 0.212. The van der Waals surface area contributed by atoms with E-state index < -0.39 is 5.67 Å². The third kappa shape index (κ3) is 11.0. The Morgan fingerprint density at radius 3 is 2.44 bits per heavy atom. The molecule has 0 fully saturated rings. The summed E-state index contributed by atoms with van der Waals surface area (Å²) in [6, 6.07) is 1.95. The third-order valence-corrected chi connectivity index (χ3v) is 4.29. The van der Waals surface area contributed by atoms with Crippen LogP contribution in [0.5, 0.6) is 0 Å². The number of amides is 1. The molecule has 5 heteroatoms. The van der Waals surface area contributed by atoms with Crippen LogP contribution in [0.4, 0.5) is 4.39 Å². The highest BCUT2D eigenvalue weighted by molar-refractivity contribution is 5.69. The van der Waals surface area contributed by atoms with Crippen molar-refractivity contribution in [2.75, 3.05) is 0 Å². The normalized spacial score (nSPS) is 15.8. The van der Waals surface area contributed by atoms with E-state index in [1.807, 2.05) is 25.1 Å². The Morgan fingerprint density at radius 2 is 1.96 bits per heavy atom. The first-order valence-corrected chi connectivity index (χ1v) is 9.17. The van der Waals surface area contributed by atoms with E-state index in [0.717, 1.165) is 11.3 Å². The topological polar surface area (TPSA) is 76.7 Å². The van der Waals surface area contributed by atoms with E-state index in [0.29, 0.717) is 18.7 Å². The Hall–Kier alpha value is -2.48. The highest BCUT2D eigenvalue weighted by Crippen LogP contribution is 2.26. The van der Waals surface area contributed by atoms with Gasteiger partial charge >= 0.3 is 0 Å². The number of hydrogen-bond acceptors (Lipinski definition) is 3. The van der Waals surface area contributed by atoms with Gasteiger partial charge < -0.3 is 10.7 Å². The van der Waals surface area contributed by atoms with Crippen molar-refractivity contribution < 1.29 is 9.18 Å². The van der Waals surface area contributed by atoms with E-state index in [1.165, 1.54) is 26.1 Å². The monoisotopic (exact) mass is 373 g/mol. The van der Waals surface area contributed by atoms with Gasteiger partial charge in [-0.25, -0.2) is 4.39 Å².